The number of rotatable bonds is 5. The fourth-order valence-corrected chi connectivity index (χ4v) is 1.96. The zero-order chi connectivity index (χ0) is 11.2. The number of nitrogens with one attached hydrogen (secondary N) is 1. The SMILES string of the molecule is O=C(NCCCc1ccccc1)C1CCC1. The van der Waals surface area contributed by atoms with Gasteiger partial charge < -0.3 is 5.32 Å². The van der Waals surface area contributed by atoms with Crippen LogP contribution in [0, 0.1) is 5.92 Å². The number of hydrogen-bond acceptors (Lipinski definition) is 1. The summed E-state index contributed by atoms with van der Waals surface area (Å²) in [6.07, 6.45) is 5.48. The van der Waals surface area contributed by atoms with Gasteiger partial charge >= 0.3 is 0 Å². The maximum Gasteiger partial charge on any atom is 0.223 e. The van der Waals surface area contributed by atoms with Crippen molar-refractivity contribution in [2.24, 2.45) is 5.92 Å². The number of carbonyl (C=O) groups excluding carboxylic acids is 1. The van der Waals surface area contributed by atoms with Crippen molar-refractivity contribution in [2.75, 3.05) is 6.54 Å². The lowest BCUT2D eigenvalue weighted by Crippen LogP contribution is -2.35. The molecule has 0 aromatic heterocycles. The van der Waals surface area contributed by atoms with Gasteiger partial charge in [0, 0.05) is 12.5 Å². The van der Waals surface area contributed by atoms with Crippen molar-refractivity contribution < 1.29 is 4.79 Å². The summed E-state index contributed by atoms with van der Waals surface area (Å²) in [5.74, 6) is 0.580. The van der Waals surface area contributed by atoms with E-state index in [2.05, 4.69) is 29.6 Å². The second-order valence-corrected chi connectivity index (χ2v) is 4.51. The summed E-state index contributed by atoms with van der Waals surface area (Å²) in [4.78, 5) is 11.5. The van der Waals surface area contributed by atoms with Gasteiger partial charge in [0.05, 0.1) is 0 Å². The van der Waals surface area contributed by atoms with Crippen molar-refractivity contribution in [3.05, 3.63) is 35.9 Å². The van der Waals surface area contributed by atoms with E-state index < -0.39 is 0 Å². The maximum absolute atomic E-state index is 11.5. The van der Waals surface area contributed by atoms with Crippen LogP contribution in [0.3, 0.4) is 0 Å². The Hall–Kier alpha value is -1.31. The summed E-state index contributed by atoms with van der Waals surface area (Å²) < 4.78 is 0. The first-order valence-corrected chi connectivity index (χ1v) is 6.18. The molecular weight excluding hydrogens is 198 g/mol. The zero-order valence-electron chi connectivity index (χ0n) is 9.61. The number of amides is 1. The third-order valence-corrected chi connectivity index (χ3v) is 3.26. The Morgan fingerprint density at radius 1 is 1.25 bits per heavy atom. The third kappa shape index (κ3) is 3.09. The molecule has 1 N–H and O–H groups in total. The molecule has 2 heteroatoms. The van der Waals surface area contributed by atoms with E-state index >= 15 is 0 Å². The largest absolute Gasteiger partial charge is 0.356 e. The first-order valence-electron chi connectivity index (χ1n) is 6.18. The molecule has 0 saturated heterocycles. The lowest BCUT2D eigenvalue weighted by Gasteiger charge is -2.23. The summed E-state index contributed by atoms with van der Waals surface area (Å²) in [7, 11) is 0. The van der Waals surface area contributed by atoms with Crippen molar-refractivity contribution >= 4 is 5.91 Å². The summed E-state index contributed by atoms with van der Waals surface area (Å²) in [6, 6.07) is 10.4. The molecule has 1 aliphatic carbocycles. The van der Waals surface area contributed by atoms with Crippen LogP contribution in [0.25, 0.3) is 0 Å². The number of aryl methyl sites for hydroxylation is 1. The first-order chi connectivity index (χ1) is 7.86. The van der Waals surface area contributed by atoms with Gasteiger partial charge in [-0.1, -0.05) is 36.8 Å². The van der Waals surface area contributed by atoms with Crippen LogP contribution in [0.2, 0.25) is 0 Å². The van der Waals surface area contributed by atoms with Crippen LogP contribution in [0.1, 0.15) is 31.2 Å². The lowest BCUT2D eigenvalue weighted by molar-refractivity contribution is -0.127. The van der Waals surface area contributed by atoms with Gasteiger partial charge in [-0.25, -0.2) is 0 Å². The van der Waals surface area contributed by atoms with E-state index in [9.17, 15) is 4.79 Å². The van der Waals surface area contributed by atoms with Gasteiger partial charge in [-0.05, 0) is 31.2 Å². The Morgan fingerprint density at radius 2 is 2.00 bits per heavy atom. The quantitative estimate of drug-likeness (QED) is 0.754. The fraction of sp³-hybridized carbons (Fsp3) is 0.500. The normalized spacial score (nSPS) is 15.5. The lowest BCUT2D eigenvalue weighted by atomic mass is 9.85. The summed E-state index contributed by atoms with van der Waals surface area (Å²) in [5.41, 5.74) is 1.35. The van der Waals surface area contributed by atoms with E-state index in [4.69, 9.17) is 0 Å². The van der Waals surface area contributed by atoms with E-state index in [0.717, 1.165) is 32.2 Å². The average molecular weight is 217 g/mol. The Bertz CT molecular complexity index is 330. The maximum atomic E-state index is 11.5. The van der Waals surface area contributed by atoms with Crippen molar-refractivity contribution in [2.45, 2.75) is 32.1 Å². The Morgan fingerprint density at radius 3 is 2.62 bits per heavy atom. The standard InChI is InChI=1S/C14H19NO/c16-14(13-9-4-10-13)15-11-5-8-12-6-2-1-3-7-12/h1-3,6-7,13H,4-5,8-11H2,(H,15,16). The minimum Gasteiger partial charge on any atom is -0.356 e. The van der Waals surface area contributed by atoms with Gasteiger partial charge in [-0.2, -0.15) is 0 Å². The molecule has 1 fully saturated rings. The highest BCUT2D eigenvalue weighted by molar-refractivity contribution is 5.79. The molecule has 16 heavy (non-hydrogen) atoms. The molecule has 0 radical (unpaired) electrons. The predicted octanol–water partition coefficient (Wildman–Crippen LogP) is 2.54. The van der Waals surface area contributed by atoms with Crippen LogP contribution in [0.4, 0.5) is 0 Å². The molecule has 1 saturated carbocycles. The highest BCUT2D eigenvalue weighted by Gasteiger charge is 2.24. The van der Waals surface area contributed by atoms with Crippen molar-refractivity contribution in [1.82, 2.24) is 5.32 Å². The Labute approximate surface area is 97.1 Å². The highest BCUT2D eigenvalue weighted by Crippen LogP contribution is 2.26. The average Bonchev–Trinajstić information content (AvgIpc) is 2.23. The van der Waals surface area contributed by atoms with Crippen LogP contribution in [-0.4, -0.2) is 12.5 Å². The summed E-state index contributed by atoms with van der Waals surface area (Å²) >= 11 is 0. The molecule has 1 aromatic carbocycles. The molecule has 0 bridgehead atoms. The van der Waals surface area contributed by atoms with E-state index in [1.165, 1.54) is 12.0 Å². The fourth-order valence-electron chi connectivity index (χ4n) is 1.96. The van der Waals surface area contributed by atoms with Gasteiger partial charge in [0.2, 0.25) is 5.91 Å². The number of carbonyl (C=O) groups is 1. The summed E-state index contributed by atoms with van der Waals surface area (Å²) in [5, 5.41) is 3.02. The van der Waals surface area contributed by atoms with E-state index in [1.54, 1.807) is 0 Å². The minimum atomic E-state index is 0.263. The highest BCUT2D eigenvalue weighted by atomic mass is 16.1. The molecule has 1 aliphatic rings. The molecule has 0 heterocycles. The molecular formula is C14H19NO. The van der Waals surface area contributed by atoms with Crippen molar-refractivity contribution in [3.63, 3.8) is 0 Å². The monoisotopic (exact) mass is 217 g/mol. The van der Waals surface area contributed by atoms with Crippen LogP contribution >= 0.6 is 0 Å². The minimum absolute atomic E-state index is 0.263. The molecule has 2 rings (SSSR count). The Balaban J connectivity index is 1.60. The van der Waals surface area contributed by atoms with Crippen molar-refractivity contribution in [3.8, 4) is 0 Å². The van der Waals surface area contributed by atoms with E-state index in [-0.39, 0.29) is 5.91 Å². The number of hydrogen-bond donors (Lipinski definition) is 1. The molecule has 0 atom stereocenters. The molecule has 2 nitrogen and oxygen atoms in total. The van der Waals surface area contributed by atoms with Crippen LogP contribution < -0.4 is 5.32 Å². The second-order valence-electron chi connectivity index (χ2n) is 4.51. The molecule has 1 aromatic rings. The third-order valence-electron chi connectivity index (χ3n) is 3.26. The van der Waals surface area contributed by atoms with Crippen LogP contribution in [0.15, 0.2) is 30.3 Å². The second kappa shape index (κ2) is 5.69. The van der Waals surface area contributed by atoms with Gasteiger partial charge in [0.1, 0.15) is 0 Å². The molecule has 0 unspecified atom stereocenters. The van der Waals surface area contributed by atoms with Gasteiger partial charge in [-0.3, -0.25) is 4.79 Å². The molecule has 0 aliphatic heterocycles. The first kappa shape index (κ1) is 11.2. The Kier molecular flexibility index (Phi) is 3.97. The van der Waals surface area contributed by atoms with Crippen molar-refractivity contribution in [1.29, 1.82) is 0 Å². The van der Waals surface area contributed by atoms with E-state index in [1.807, 2.05) is 6.07 Å². The molecule has 1 amide bonds. The van der Waals surface area contributed by atoms with Gasteiger partial charge in [-0.15, -0.1) is 0 Å². The molecule has 86 valence electrons. The zero-order valence-corrected chi connectivity index (χ0v) is 9.61. The topological polar surface area (TPSA) is 29.1 Å². The van der Waals surface area contributed by atoms with Gasteiger partial charge in [0.25, 0.3) is 0 Å². The van der Waals surface area contributed by atoms with Crippen LogP contribution in [0.5, 0.6) is 0 Å². The number of benzene rings is 1. The van der Waals surface area contributed by atoms with E-state index in [0.29, 0.717) is 5.92 Å². The smallest absolute Gasteiger partial charge is 0.223 e. The summed E-state index contributed by atoms with van der Waals surface area (Å²) in [6.45, 7) is 0.810. The van der Waals surface area contributed by atoms with Gasteiger partial charge in [0.15, 0.2) is 0 Å². The molecule has 0 spiro atoms. The predicted molar refractivity (Wildman–Crippen MR) is 65.1 cm³/mol. The van der Waals surface area contributed by atoms with Crippen LogP contribution in [-0.2, 0) is 11.2 Å².